The summed E-state index contributed by atoms with van der Waals surface area (Å²) in [7, 11) is -3.25. The van der Waals surface area contributed by atoms with Crippen LogP contribution in [-0.4, -0.2) is 28.8 Å². The summed E-state index contributed by atoms with van der Waals surface area (Å²) in [6.07, 6.45) is 2.28. The molecule has 0 aliphatic carbocycles. The van der Waals surface area contributed by atoms with Crippen molar-refractivity contribution in [3.63, 3.8) is 0 Å². The van der Waals surface area contributed by atoms with Gasteiger partial charge in [-0.3, -0.25) is 0 Å². The Morgan fingerprint density at radius 3 is 2.58 bits per heavy atom. The second-order valence-corrected chi connectivity index (χ2v) is 10.7. The fraction of sp³-hybridized carbons (Fsp3) is 0.217. The average Bonchev–Trinajstić information content (AvgIpc) is 3.17. The monoisotopic (exact) mass is 547 g/mol. The van der Waals surface area contributed by atoms with Crippen LogP contribution in [0, 0.1) is 0 Å². The molecule has 0 saturated heterocycles. The molecule has 0 radical (unpaired) electrons. The lowest BCUT2D eigenvalue weighted by molar-refractivity contribution is 0.580. The van der Waals surface area contributed by atoms with Crippen LogP contribution in [-0.2, 0) is 23.1 Å². The van der Waals surface area contributed by atoms with Gasteiger partial charge in [-0.2, -0.15) is 9.61 Å². The van der Waals surface area contributed by atoms with E-state index in [-0.39, 0.29) is 12.3 Å². The lowest BCUT2D eigenvalue weighted by Crippen LogP contribution is -2.25. The molecule has 7 nitrogen and oxygen atoms in total. The number of halogens is 2. The van der Waals surface area contributed by atoms with Gasteiger partial charge in [0, 0.05) is 29.7 Å². The van der Waals surface area contributed by atoms with Gasteiger partial charge < -0.3 is 5.32 Å². The van der Waals surface area contributed by atoms with Gasteiger partial charge in [-0.15, -0.1) is 0 Å². The van der Waals surface area contributed by atoms with Crippen LogP contribution in [0.25, 0.3) is 16.9 Å². The van der Waals surface area contributed by atoms with E-state index >= 15 is 0 Å². The first-order valence-corrected chi connectivity index (χ1v) is 13.3. The van der Waals surface area contributed by atoms with E-state index in [1.54, 1.807) is 10.7 Å². The van der Waals surface area contributed by atoms with Crippen LogP contribution < -0.4 is 10.0 Å². The van der Waals surface area contributed by atoms with E-state index in [1.165, 1.54) is 0 Å². The molecule has 4 rings (SSSR count). The van der Waals surface area contributed by atoms with Gasteiger partial charge in [0.05, 0.1) is 22.1 Å². The minimum absolute atomic E-state index is 0.124. The lowest BCUT2D eigenvalue weighted by Gasteiger charge is -2.12. The second kappa shape index (κ2) is 10.2. The maximum atomic E-state index is 11.9. The van der Waals surface area contributed by atoms with Gasteiger partial charge in [0.15, 0.2) is 5.65 Å². The molecule has 0 amide bonds. The highest BCUT2D eigenvalue weighted by molar-refractivity contribution is 9.10. The summed E-state index contributed by atoms with van der Waals surface area (Å²) >= 11 is 9.92. The Balaban J connectivity index is 1.57. The largest absolute Gasteiger partial charge is 0.366 e. The van der Waals surface area contributed by atoms with Gasteiger partial charge in [-0.1, -0.05) is 61.0 Å². The zero-order valence-corrected chi connectivity index (χ0v) is 21.1. The predicted molar refractivity (Wildman–Crippen MR) is 136 cm³/mol. The van der Waals surface area contributed by atoms with Gasteiger partial charge in [-0.25, -0.2) is 18.1 Å². The van der Waals surface area contributed by atoms with Gasteiger partial charge in [0.2, 0.25) is 10.0 Å². The van der Waals surface area contributed by atoms with Crippen LogP contribution in [0.2, 0.25) is 5.02 Å². The third-order valence-electron chi connectivity index (χ3n) is 5.01. The van der Waals surface area contributed by atoms with Crippen LogP contribution in [0.4, 0.5) is 5.82 Å². The van der Waals surface area contributed by atoms with Crippen molar-refractivity contribution in [3.8, 4) is 11.3 Å². The Morgan fingerprint density at radius 2 is 1.82 bits per heavy atom. The Kier molecular flexibility index (Phi) is 7.33. The van der Waals surface area contributed by atoms with Crippen molar-refractivity contribution in [1.29, 1.82) is 0 Å². The zero-order chi connectivity index (χ0) is 23.4. The predicted octanol–water partition coefficient (Wildman–Crippen LogP) is 5.25. The van der Waals surface area contributed by atoms with Crippen molar-refractivity contribution < 1.29 is 8.42 Å². The summed E-state index contributed by atoms with van der Waals surface area (Å²) in [6.45, 7) is 2.63. The maximum Gasteiger partial charge on any atom is 0.211 e. The van der Waals surface area contributed by atoms with E-state index < -0.39 is 10.0 Å². The smallest absolute Gasteiger partial charge is 0.211 e. The van der Waals surface area contributed by atoms with Gasteiger partial charge >= 0.3 is 0 Å². The number of nitrogens with zero attached hydrogens (tertiary/aromatic N) is 3. The number of aromatic nitrogens is 3. The molecule has 0 fully saturated rings. The summed E-state index contributed by atoms with van der Waals surface area (Å²) < 4.78 is 29.0. The molecule has 33 heavy (non-hydrogen) atoms. The van der Waals surface area contributed by atoms with Crippen molar-refractivity contribution in [1.82, 2.24) is 19.3 Å². The van der Waals surface area contributed by atoms with E-state index in [1.807, 2.05) is 61.5 Å². The van der Waals surface area contributed by atoms with Gasteiger partial charge in [0.1, 0.15) is 5.82 Å². The maximum absolute atomic E-state index is 11.9. The molecule has 0 saturated carbocycles. The number of hydrogen-bond acceptors (Lipinski definition) is 5. The van der Waals surface area contributed by atoms with Gasteiger partial charge in [0.25, 0.3) is 0 Å². The first kappa shape index (κ1) is 23.7. The quantitative estimate of drug-likeness (QED) is 0.298. The highest BCUT2D eigenvalue weighted by atomic mass is 79.9. The minimum Gasteiger partial charge on any atom is -0.366 e. The third-order valence-corrected chi connectivity index (χ3v) is 7.43. The number of benzene rings is 2. The van der Waals surface area contributed by atoms with Crippen LogP contribution in [0.3, 0.4) is 0 Å². The fourth-order valence-corrected chi connectivity index (χ4v) is 5.09. The summed E-state index contributed by atoms with van der Waals surface area (Å²) in [6, 6.07) is 17.3. The van der Waals surface area contributed by atoms with Crippen molar-refractivity contribution in [2.45, 2.75) is 26.4 Å². The van der Waals surface area contributed by atoms with Crippen LogP contribution >= 0.6 is 27.5 Å². The SMILES string of the molecule is CCCS(=O)(=O)NCc1cccc(CNc2cc(-c3ccccc3Cl)nc3c(Br)cnn23)c1. The molecule has 0 unspecified atom stereocenters. The number of anilines is 1. The zero-order valence-electron chi connectivity index (χ0n) is 17.9. The Bertz CT molecular complexity index is 1390. The molecule has 2 aromatic carbocycles. The Morgan fingerprint density at radius 1 is 1.06 bits per heavy atom. The molecular weight excluding hydrogens is 526 g/mol. The number of fused-ring (bicyclic) bond motifs is 1. The Labute approximate surface area is 206 Å². The van der Waals surface area contributed by atoms with Crippen LogP contribution in [0.1, 0.15) is 24.5 Å². The number of sulfonamides is 1. The second-order valence-electron chi connectivity index (χ2n) is 7.55. The molecule has 10 heteroatoms. The van der Waals surface area contributed by atoms with E-state index in [2.05, 4.69) is 31.1 Å². The van der Waals surface area contributed by atoms with Crippen molar-refractivity contribution >= 4 is 49.0 Å². The highest BCUT2D eigenvalue weighted by Gasteiger charge is 2.13. The molecule has 0 spiro atoms. The molecular formula is C23H23BrClN5O2S. The number of rotatable bonds is 9. The van der Waals surface area contributed by atoms with E-state index in [0.29, 0.717) is 23.6 Å². The molecule has 0 bridgehead atoms. The molecule has 2 N–H and O–H groups in total. The van der Waals surface area contributed by atoms with E-state index in [0.717, 1.165) is 32.7 Å². The molecule has 2 aromatic heterocycles. The topological polar surface area (TPSA) is 88.4 Å². The minimum atomic E-state index is -3.25. The fourth-order valence-electron chi connectivity index (χ4n) is 3.45. The van der Waals surface area contributed by atoms with E-state index in [9.17, 15) is 8.42 Å². The molecule has 4 aromatic rings. The number of hydrogen-bond donors (Lipinski definition) is 2. The standard InChI is InChI=1S/C23H23BrClN5O2S/c1-2-10-33(31,32)28-14-17-7-5-6-16(11-17)13-26-22-12-21(18-8-3-4-9-20(18)25)29-23-19(24)15-27-30(22)23/h3-9,11-12,15,26,28H,2,10,13-14H2,1H3. The van der Waals surface area contributed by atoms with Crippen molar-refractivity contribution in [2.75, 3.05) is 11.1 Å². The van der Waals surface area contributed by atoms with E-state index in [4.69, 9.17) is 16.6 Å². The molecule has 2 heterocycles. The van der Waals surface area contributed by atoms with Crippen LogP contribution in [0.15, 0.2) is 65.3 Å². The number of nitrogens with one attached hydrogen (secondary N) is 2. The average molecular weight is 549 g/mol. The molecule has 0 aliphatic rings. The Hall–Kier alpha value is -2.46. The highest BCUT2D eigenvalue weighted by Crippen LogP contribution is 2.30. The summed E-state index contributed by atoms with van der Waals surface area (Å²) in [4.78, 5) is 4.72. The van der Waals surface area contributed by atoms with Crippen LogP contribution in [0.5, 0.6) is 0 Å². The first-order chi connectivity index (χ1) is 15.9. The third kappa shape index (κ3) is 5.73. The normalized spacial score (nSPS) is 11.7. The van der Waals surface area contributed by atoms with Crippen molar-refractivity contribution in [3.05, 3.63) is 81.4 Å². The van der Waals surface area contributed by atoms with Crippen molar-refractivity contribution in [2.24, 2.45) is 0 Å². The van der Waals surface area contributed by atoms with Gasteiger partial charge in [-0.05, 0) is 39.5 Å². The summed E-state index contributed by atoms with van der Waals surface area (Å²) in [5.74, 6) is 0.883. The summed E-state index contributed by atoms with van der Waals surface area (Å²) in [5.41, 5.74) is 4.15. The summed E-state index contributed by atoms with van der Waals surface area (Å²) in [5, 5.41) is 8.46. The first-order valence-electron chi connectivity index (χ1n) is 10.4. The molecule has 0 aliphatic heterocycles. The lowest BCUT2D eigenvalue weighted by atomic mass is 10.1. The molecule has 0 atom stereocenters. The molecule has 172 valence electrons.